The van der Waals surface area contributed by atoms with Crippen LogP contribution in [0.3, 0.4) is 0 Å². The van der Waals surface area contributed by atoms with Gasteiger partial charge >= 0.3 is 5.97 Å². The van der Waals surface area contributed by atoms with Crippen LogP contribution in [0.15, 0.2) is 22.6 Å². The molecule has 0 radical (unpaired) electrons. The maximum Gasteiger partial charge on any atom is 0.354 e. The predicted octanol–water partition coefficient (Wildman–Crippen LogP) is 0.763. The monoisotopic (exact) mass is 251 g/mol. The number of rotatable bonds is 3. The minimum absolute atomic E-state index is 0.0404. The molecule has 0 atom stereocenters. The van der Waals surface area contributed by atoms with Gasteiger partial charge < -0.3 is 9.67 Å². The van der Waals surface area contributed by atoms with Crippen molar-refractivity contribution in [2.75, 3.05) is 0 Å². The fourth-order valence-electron chi connectivity index (χ4n) is 1.07. The molecule has 7 nitrogen and oxygen atoms in total. The van der Waals surface area contributed by atoms with E-state index in [1.165, 1.54) is 24.0 Å². The van der Waals surface area contributed by atoms with Crippen LogP contribution in [0.1, 0.15) is 16.3 Å². The Kier molecular flexibility index (Phi) is 3.05. The second kappa shape index (κ2) is 4.50. The van der Waals surface area contributed by atoms with Crippen molar-refractivity contribution in [1.29, 1.82) is 0 Å². The van der Waals surface area contributed by atoms with Crippen molar-refractivity contribution in [1.82, 2.24) is 24.7 Å². The molecule has 8 heteroatoms. The standard InChI is InChI=1S/C9H9N5O2S/c1-5-12-13-9(14(5)2)17-8-10-4-3-6(11-8)7(15)16/h3-4H,1-2H3,(H,15,16). The summed E-state index contributed by atoms with van der Waals surface area (Å²) in [5.74, 6) is -0.315. The third-order valence-electron chi connectivity index (χ3n) is 2.09. The van der Waals surface area contributed by atoms with Gasteiger partial charge in [-0.2, -0.15) is 0 Å². The molecule has 1 N–H and O–H groups in total. The van der Waals surface area contributed by atoms with E-state index in [1.807, 2.05) is 14.0 Å². The van der Waals surface area contributed by atoms with E-state index in [0.29, 0.717) is 10.3 Å². The molecule has 2 heterocycles. The first-order valence-electron chi connectivity index (χ1n) is 4.68. The van der Waals surface area contributed by atoms with Crippen molar-refractivity contribution < 1.29 is 9.90 Å². The number of nitrogens with zero attached hydrogens (tertiary/aromatic N) is 5. The molecule has 0 aliphatic carbocycles. The molecule has 0 aliphatic heterocycles. The normalized spacial score (nSPS) is 10.5. The summed E-state index contributed by atoms with van der Waals surface area (Å²) in [4.78, 5) is 18.6. The van der Waals surface area contributed by atoms with Crippen LogP contribution in [0.4, 0.5) is 0 Å². The Morgan fingerprint density at radius 3 is 2.82 bits per heavy atom. The maximum atomic E-state index is 10.7. The summed E-state index contributed by atoms with van der Waals surface area (Å²) < 4.78 is 1.78. The summed E-state index contributed by atoms with van der Waals surface area (Å²) in [6.07, 6.45) is 1.40. The number of hydrogen-bond acceptors (Lipinski definition) is 6. The second-order valence-corrected chi connectivity index (χ2v) is 4.15. The quantitative estimate of drug-likeness (QED) is 0.805. The Balaban J connectivity index is 2.27. The number of hydrogen-bond donors (Lipinski definition) is 1. The molecule has 0 saturated carbocycles. The summed E-state index contributed by atoms with van der Waals surface area (Å²) in [5.41, 5.74) is -0.0404. The lowest BCUT2D eigenvalue weighted by Gasteiger charge is -2.00. The molecular formula is C9H9N5O2S. The van der Waals surface area contributed by atoms with Crippen molar-refractivity contribution >= 4 is 17.7 Å². The van der Waals surface area contributed by atoms with Gasteiger partial charge in [-0.15, -0.1) is 10.2 Å². The number of aryl methyl sites for hydroxylation is 1. The van der Waals surface area contributed by atoms with E-state index < -0.39 is 5.97 Å². The zero-order valence-electron chi connectivity index (χ0n) is 9.15. The Morgan fingerprint density at radius 1 is 1.47 bits per heavy atom. The maximum absolute atomic E-state index is 10.7. The molecule has 0 saturated heterocycles. The molecule has 2 aromatic heterocycles. The van der Waals surface area contributed by atoms with E-state index in [9.17, 15) is 4.79 Å². The van der Waals surface area contributed by atoms with Crippen molar-refractivity contribution in [3.8, 4) is 0 Å². The van der Waals surface area contributed by atoms with Crippen LogP contribution >= 0.6 is 11.8 Å². The van der Waals surface area contributed by atoms with E-state index in [4.69, 9.17) is 5.11 Å². The van der Waals surface area contributed by atoms with Crippen molar-refractivity contribution in [3.63, 3.8) is 0 Å². The van der Waals surface area contributed by atoms with Gasteiger partial charge in [-0.1, -0.05) is 0 Å². The van der Waals surface area contributed by atoms with E-state index in [2.05, 4.69) is 20.2 Å². The molecule has 0 aliphatic rings. The zero-order valence-corrected chi connectivity index (χ0v) is 9.97. The van der Waals surface area contributed by atoms with Gasteiger partial charge in [-0.3, -0.25) is 0 Å². The number of carboxylic acid groups (broad SMARTS) is 1. The Labute approximate surface area is 101 Å². The van der Waals surface area contributed by atoms with Gasteiger partial charge in [0.05, 0.1) is 0 Å². The van der Waals surface area contributed by atoms with Gasteiger partial charge in [0.15, 0.2) is 16.0 Å². The summed E-state index contributed by atoms with van der Waals surface area (Å²) in [5, 5.41) is 17.6. The van der Waals surface area contributed by atoms with Gasteiger partial charge in [-0.05, 0) is 24.8 Å². The van der Waals surface area contributed by atoms with Crippen LogP contribution in [-0.4, -0.2) is 35.8 Å². The largest absolute Gasteiger partial charge is 0.477 e. The van der Waals surface area contributed by atoms with Crippen LogP contribution in [0.2, 0.25) is 0 Å². The van der Waals surface area contributed by atoms with Crippen LogP contribution in [0.25, 0.3) is 0 Å². The molecule has 0 aromatic carbocycles. The Hall–Kier alpha value is -1.96. The minimum atomic E-state index is -1.08. The molecule has 0 fully saturated rings. The smallest absolute Gasteiger partial charge is 0.354 e. The van der Waals surface area contributed by atoms with E-state index in [0.717, 1.165) is 5.82 Å². The van der Waals surface area contributed by atoms with Crippen LogP contribution in [-0.2, 0) is 7.05 Å². The summed E-state index contributed by atoms with van der Waals surface area (Å²) in [6.45, 7) is 1.82. The van der Waals surface area contributed by atoms with Gasteiger partial charge in [0.25, 0.3) is 0 Å². The predicted molar refractivity (Wildman–Crippen MR) is 58.9 cm³/mol. The summed E-state index contributed by atoms with van der Waals surface area (Å²) >= 11 is 1.17. The molecule has 0 amide bonds. The number of carbonyl (C=O) groups is 1. The fraction of sp³-hybridized carbons (Fsp3) is 0.222. The van der Waals surface area contributed by atoms with E-state index >= 15 is 0 Å². The molecule has 88 valence electrons. The van der Waals surface area contributed by atoms with Gasteiger partial charge in [0, 0.05) is 13.2 Å². The first-order valence-corrected chi connectivity index (χ1v) is 5.50. The molecule has 0 spiro atoms. The molecule has 2 aromatic rings. The minimum Gasteiger partial charge on any atom is -0.477 e. The summed E-state index contributed by atoms with van der Waals surface area (Å²) in [6, 6.07) is 1.34. The number of carboxylic acids is 1. The lowest BCUT2D eigenvalue weighted by atomic mass is 10.4. The van der Waals surface area contributed by atoms with Crippen molar-refractivity contribution in [2.45, 2.75) is 17.2 Å². The number of aromatic nitrogens is 5. The van der Waals surface area contributed by atoms with Gasteiger partial charge in [-0.25, -0.2) is 14.8 Å². The molecule has 2 rings (SSSR count). The number of aromatic carboxylic acids is 1. The fourth-order valence-corrected chi connectivity index (χ4v) is 1.84. The first kappa shape index (κ1) is 11.5. The zero-order chi connectivity index (χ0) is 12.4. The van der Waals surface area contributed by atoms with Crippen LogP contribution in [0.5, 0.6) is 0 Å². The highest BCUT2D eigenvalue weighted by molar-refractivity contribution is 7.99. The molecule has 0 bridgehead atoms. The molecule has 17 heavy (non-hydrogen) atoms. The SMILES string of the molecule is Cc1nnc(Sc2nccc(C(=O)O)n2)n1C. The van der Waals surface area contributed by atoms with Crippen molar-refractivity contribution in [2.24, 2.45) is 7.05 Å². The van der Waals surface area contributed by atoms with Gasteiger partial charge in [0.2, 0.25) is 0 Å². The molecular weight excluding hydrogens is 242 g/mol. The highest BCUT2D eigenvalue weighted by Crippen LogP contribution is 2.22. The summed E-state index contributed by atoms with van der Waals surface area (Å²) in [7, 11) is 1.82. The lowest BCUT2D eigenvalue weighted by Crippen LogP contribution is -2.02. The molecule has 0 unspecified atom stereocenters. The average Bonchev–Trinajstić information content (AvgIpc) is 2.61. The van der Waals surface area contributed by atoms with Gasteiger partial charge in [0.1, 0.15) is 5.82 Å². The first-order chi connectivity index (χ1) is 8.08. The van der Waals surface area contributed by atoms with Crippen LogP contribution < -0.4 is 0 Å². The average molecular weight is 251 g/mol. The highest BCUT2D eigenvalue weighted by atomic mass is 32.2. The lowest BCUT2D eigenvalue weighted by molar-refractivity contribution is 0.0689. The van der Waals surface area contributed by atoms with E-state index in [-0.39, 0.29) is 5.69 Å². The van der Waals surface area contributed by atoms with E-state index in [1.54, 1.807) is 4.57 Å². The second-order valence-electron chi connectivity index (χ2n) is 3.22. The Morgan fingerprint density at radius 2 is 2.24 bits per heavy atom. The third-order valence-corrected chi connectivity index (χ3v) is 3.01. The third kappa shape index (κ3) is 2.41. The highest BCUT2D eigenvalue weighted by Gasteiger charge is 2.11. The Bertz CT molecular complexity index is 568. The topological polar surface area (TPSA) is 93.8 Å². The van der Waals surface area contributed by atoms with Crippen molar-refractivity contribution in [3.05, 3.63) is 23.8 Å². The van der Waals surface area contributed by atoms with Crippen LogP contribution in [0, 0.1) is 6.92 Å².